The first-order chi connectivity index (χ1) is 15.6. The van der Waals surface area contributed by atoms with Crippen molar-refractivity contribution >= 4 is 40.3 Å². The summed E-state index contributed by atoms with van der Waals surface area (Å²) >= 11 is 11.3. The van der Waals surface area contributed by atoms with Gasteiger partial charge in [-0.2, -0.15) is 5.10 Å². The number of methoxy groups -OCH3 is 2. The smallest absolute Gasteiger partial charge is 0.175 e. The van der Waals surface area contributed by atoms with Gasteiger partial charge in [-0.05, 0) is 85.0 Å². The molecule has 1 heterocycles. The Hall–Kier alpha value is -3.55. The molecule has 4 rings (SSSR count). The van der Waals surface area contributed by atoms with Gasteiger partial charge in [0.1, 0.15) is 0 Å². The molecule has 162 valence electrons. The summed E-state index contributed by atoms with van der Waals surface area (Å²) < 4.78 is 12.5. The summed E-state index contributed by atoms with van der Waals surface area (Å²) in [5.41, 5.74) is 4.44. The molecule has 4 aromatic rings. The lowest BCUT2D eigenvalue weighted by atomic mass is 10.1. The monoisotopic (exact) mass is 464 g/mol. The zero-order chi connectivity index (χ0) is 22.5. The normalized spacial score (nSPS) is 10.5. The van der Waals surface area contributed by atoms with Crippen molar-refractivity contribution in [1.29, 1.82) is 0 Å². The molecule has 6 nitrogen and oxygen atoms in total. The van der Waals surface area contributed by atoms with Crippen LogP contribution in [-0.2, 0) is 0 Å². The Morgan fingerprint density at radius 3 is 2.09 bits per heavy atom. The van der Waals surface area contributed by atoms with Crippen LogP contribution in [0.4, 0.5) is 11.4 Å². The van der Waals surface area contributed by atoms with Crippen molar-refractivity contribution in [2.24, 2.45) is 0 Å². The van der Waals surface area contributed by atoms with Crippen LogP contribution in [-0.4, -0.2) is 29.1 Å². The minimum absolute atomic E-state index is 0.495. The summed E-state index contributed by atoms with van der Waals surface area (Å²) in [4.78, 5) is 0. The molecule has 0 bridgehead atoms. The van der Waals surface area contributed by atoms with Crippen LogP contribution in [0.3, 0.4) is 0 Å². The number of nitrogens with one attached hydrogen (secondary N) is 2. The number of hydrogen-bond donors (Lipinski definition) is 2. The summed E-state index contributed by atoms with van der Waals surface area (Å²) in [5, 5.41) is 12.2. The number of hydrogen-bond acceptors (Lipinski definition) is 4. The fourth-order valence-electron chi connectivity index (χ4n) is 3.14. The Labute approximate surface area is 196 Å². The summed E-state index contributed by atoms with van der Waals surface area (Å²) in [6.45, 7) is 0. The van der Waals surface area contributed by atoms with Gasteiger partial charge in [-0.1, -0.05) is 11.6 Å². The Morgan fingerprint density at radius 1 is 0.844 bits per heavy atom. The zero-order valence-corrected chi connectivity index (χ0v) is 19.1. The van der Waals surface area contributed by atoms with Gasteiger partial charge in [0, 0.05) is 28.2 Å². The second-order valence-electron chi connectivity index (χ2n) is 6.85. The van der Waals surface area contributed by atoms with Crippen LogP contribution < -0.4 is 20.1 Å². The molecule has 3 aromatic carbocycles. The largest absolute Gasteiger partial charge is 0.493 e. The highest BCUT2D eigenvalue weighted by atomic mass is 35.5. The Kier molecular flexibility index (Phi) is 6.58. The molecule has 0 saturated heterocycles. The average Bonchev–Trinajstić information content (AvgIpc) is 3.31. The third-order valence-corrected chi connectivity index (χ3v) is 5.22. The van der Waals surface area contributed by atoms with Crippen molar-refractivity contribution < 1.29 is 9.47 Å². The maximum absolute atomic E-state index is 5.91. The van der Waals surface area contributed by atoms with E-state index in [4.69, 9.17) is 33.3 Å². The number of nitrogens with zero attached hydrogens (tertiary/aromatic N) is 2. The minimum atomic E-state index is 0.495. The predicted molar refractivity (Wildman–Crippen MR) is 133 cm³/mol. The van der Waals surface area contributed by atoms with E-state index in [0.29, 0.717) is 21.6 Å². The molecule has 0 aliphatic carbocycles. The summed E-state index contributed by atoms with van der Waals surface area (Å²) in [6.07, 6.45) is 1.92. The lowest BCUT2D eigenvalue weighted by Gasteiger charge is -2.11. The number of halogens is 1. The Balaban J connectivity index is 1.44. The van der Waals surface area contributed by atoms with Crippen molar-refractivity contribution in [3.8, 4) is 28.4 Å². The summed E-state index contributed by atoms with van der Waals surface area (Å²) in [7, 11) is 3.23. The van der Waals surface area contributed by atoms with E-state index in [1.54, 1.807) is 14.2 Å². The molecule has 1 aromatic heterocycles. The second-order valence-corrected chi connectivity index (χ2v) is 7.69. The highest BCUT2D eigenvalue weighted by molar-refractivity contribution is 7.80. The SMILES string of the molecule is COc1ccc(-c2ccn(-c3ccc(NC(=S)Nc4ccc(Cl)cc4)cc3)n2)cc1OC. The molecule has 0 aliphatic rings. The van der Waals surface area contributed by atoms with Crippen LogP contribution in [0.1, 0.15) is 0 Å². The first kappa shape index (κ1) is 21.7. The van der Waals surface area contributed by atoms with E-state index in [1.165, 1.54) is 0 Å². The second kappa shape index (κ2) is 9.72. The van der Waals surface area contributed by atoms with Crippen LogP contribution >= 0.6 is 23.8 Å². The van der Waals surface area contributed by atoms with E-state index >= 15 is 0 Å². The quantitative estimate of drug-likeness (QED) is 0.340. The number of ether oxygens (including phenoxy) is 2. The maximum Gasteiger partial charge on any atom is 0.175 e. The van der Waals surface area contributed by atoms with Gasteiger partial charge in [0.25, 0.3) is 0 Å². The van der Waals surface area contributed by atoms with Crippen molar-refractivity contribution in [3.05, 3.63) is 84.0 Å². The third-order valence-electron chi connectivity index (χ3n) is 4.76. The molecular formula is C24H21ClN4O2S. The Morgan fingerprint density at radius 2 is 1.47 bits per heavy atom. The fraction of sp³-hybridized carbons (Fsp3) is 0.0833. The minimum Gasteiger partial charge on any atom is -0.493 e. The number of aromatic nitrogens is 2. The van der Waals surface area contributed by atoms with Crippen molar-refractivity contribution in [2.75, 3.05) is 24.9 Å². The van der Waals surface area contributed by atoms with Gasteiger partial charge < -0.3 is 20.1 Å². The van der Waals surface area contributed by atoms with Crippen LogP contribution in [0, 0.1) is 0 Å². The van der Waals surface area contributed by atoms with Crippen molar-refractivity contribution in [2.45, 2.75) is 0 Å². The van der Waals surface area contributed by atoms with E-state index in [9.17, 15) is 0 Å². The van der Waals surface area contributed by atoms with Crippen molar-refractivity contribution in [1.82, 2.24) is 9.78 Å². The number of benzene rings is 3. The van der Waals surface area contributed by atoms with Gasteiger partial charge in [-0.25, -0.2) is 4.68 Å². The van der Waals surface area contributed by atoms with Gasteiger partial charge in [-0.3, -0.25) is 0 Å². The highest BCUT2D eigenvalue weighted by Gasteiger charge is 2.09. The van der Waals surface area contributed by atoms with E-state index < -0.39 is 0 Å². The van der Waals surface area contributed by atoms with Crippen LogP contribution in [0.25, 0.3) is 16.9 Å². The van der Waals surface area contributed by atoms with Gasteiger partial charge in [0.15, 0.2) is 16.6 Å². The standard InChI is InChI=1S/C24H21ClN4O2S/c1-30-22-12-3-16(15-23(22)31-2)21-13-14-29(28-21)20-10-8-19(9-11-20)27-24(32)26-18-6-4-17(25)5-7-18/h3-15H,1-2H3,(H2,26,27,32). The van der Waals surface area contributed by atoms with E-state index in [1.807, 2.05) is 83.7 Å². The molecule has 8 heteroatoms. The zero-order valence-electron chi connectivity index (χ0n) is 17.5. The first-order valence-electron chi connectivity index (χ1n) is 9.78. The molecule has 0 spiro atoms. The maximum atomic E-state index is 5.91. The van der Waals surface area contributed by atoms with E-state index in [0.717, 1.165) is 28.3 Å². The van der Waals surface area contributed by atoms with Crippen LogP contribution in [0.2, 0.25) is 5.02 Å². The molecule has 32 heavy (non-hydrogen) atoms. The lowest BCUT2D eigenvalue weighted by Crippen LogP contribution is -2.18. The Bertz CT molecular complexity index is 1220. The molecule has 0 amide bonds. The van der Waals surface area contributed by atoms with Crippen molar-refractivity contribution in [3.63, 3.8) is 0 Å². The van der Waals surface area contributed by atoms with Gasteiger partial charge in [0.05, 0.1) is 25.6 Å². The van der Waals surface area contributed by atoms with E-state index in [2.05, 4.69) is 15.7 Å². The molecule has 0 unspecified atom stereocenters. The molecular weight excluding hydrogens is 444 g/mol. The number of anilines is 2. The highest BCUT2D eigenvalue weighted by Crippen LogP contribution is 2.31. The van der Waals surface area contributed by atoms with Gasteiger partial charge in [0.2, 0.25) is 0 Å². The molecule has 0 fully saturated rings. The predicted octanol–water partition coefficient (Wildman–Crippen LogP) is 6.02. The first-order valence-corrected chi connectivity index (χ1v) is 10.6. The van der Waals surface area contributed by atoms with Gasteiger partial charge >= 0.3 is 0 Å². The number of thiocarbonyl (C=S) groups is 1. The average molecular weight is 465 g/mol. The summed E-state index contributed by atoms with van der Waals surface area (Å²) in [6, 6.07) is 22.9. The van der Waals surface area contributed by atoms with E-state index in [-0.39, 0.29) is 0 Å². The fourth-order valence-corrected chi connectivity index (χ4v) is 3.50. The number of rotatable bonds is 6. The molecule has 0 aliphatic heterocycles. The molecule has 2 N–H and O–H groups in total. The molecule has 0 atom stereocenters. The molecule has 0 saturated carbocycles. The third kappa shape index (κ3) is 5.01. The molecule has 0 radical (unpaired) electrons. The van der Waals surface area contributed by atoms with Crippen LogP contribution in [0.15, 0.2) is 79.0 Å². The lowest BCUT2D eigenvalue weighted by molar-refractivity contribution is 0.355. The summed E-state index contributed by atoms with van der Waals surface area (Å²) in [5.74, 6) is 1.35. The van der Waals surface area contributed by atoms with Crippen LogP contribution in [0.5, 0.6) is 11.5 Å². The topological polar surface area (TPSA) is 60.3 Å². The van der Waals surface area contributed by atoms with Gasteiger partial charge in [-0.15, -0.1) is 0 Å².